The lowest BCUT2D eigenvalue weighted by atomic mass is 9.85. The van der Waals surface area contributed by atoms with Crippen LogP contribution in [0.5, 0.6) is 0 Å². The van der Waals surface area contributed by atoms with E-state index in [0.717, 1.165) is 12.5 Å². The van der Waals surface area contributed by atoms with Gasteiger partial charge >= 0.3 is 0 Å². The van der Waals surface area contributed by atoms with Gasteiger partial charge in [0.05, 0.1) is 0 Å². The summed E-state index contributed by atoms with van der Waals surface area (Å²) in [5.41, 5.74) is 9.08. The van der Waals surface area contributed by atoms with Crippen molar-refractivity contribution in [2.75, 3.05) is 6.54 Å². The molecule has 0 spiro atoms. The van der Waals surface area contributed by atoms with Gasteiger partial charge in [0.2, 0.25) is 0 Å². The van der Waals surface area contributed by atoms with Crippen LogP contribution in [0, 0.1) is 40.5 Å². The molecule has 1 N–H and O–H groups in total. The average molecular weight is 259 g/mol. The van der Waals surface area contributed by atoms with Gasteiger partial charge in [-0.1, -0.05) is 6.92 Å². The number of hydrogen-bond donors (Lipinski definition) is 1. The Balaban J connectivity index is 2.46. The zero-order valence-corrected chi connectivity index (χ0v) is 13.5. The van der Waals surface area contributed by atoms with Crippen molar-refractivity contribution in [2.45, 2.75) is 66.8 Å². The fourth-order valence-corrected chi connectivity index (χ4v) is 3.23. The highest BCUT2D eigenvalue weighted by Crippen LogP contribution is 2.44. The van der Waals surface area contributed by atoms with E-state index in [1.165, 1.54) is 47.1 Å². The number of benzene rings is 1. The summed E-state index contributed by atoms with van der Waals surface area (Å²) in [6.45, 7) is 14.8. The summed E-state index contributed by atoms with van der Waals surface area (Å²) < 4.78 is 0. The van der Waals surface area contributed by atoms with Gasteiger partial charge in [-0.15, -0.1) is 0 Å². The summed E-state index contributed by atoms with van der Waals surface area (Å²) in [5.74, 6) is 0.866. The monoisotopic (exact) mass is 259 g/mol. The fourth-order valence-electron chi connectivity index (χ4n) is 3.23. The Hall–Kier alpha value is -0.820. The van der Waals surface area contributed by atoms with Crippen molar-refractivity contribution in [1.82, 2.24) is 5.32 Å². The lowest BCUT2D eigenvalue weighted by Crippen LogP contribution is -2.26. The molecule has 1 aliphatic carbocycles. The van der Waals surface area contributed by atoms with Crippen LogP contribution >= 0.6 is 0 Å². The molecule has 0 aromatic heterocycles. The van der Waals surface area contributed by atoms with Crippen molar-refractivity contribution in [3.63, 3.8) is 0 Å². The smallest absolute Gasteiger partial charge is 0.0354 e. The van der Waals surface area contributed by atoms with E-state index >= 15 is 0 Å². The lowest BCUT2D eigenvalue weighted by molar-refractivity contribution is 0.476. The summed E-state index contributed by atoms with van der Waals surface area (Å²) in [6.07, 6.45) is 4.00. The highest BCUT2D eigenvalue weighted by atomic mass is 14.9. The molecule has 1 aromatic carbocycles. The summed E-state index contributed by atoms with van der Waals surface area (Å²) in [7, 11) is 0. The normalized spacial score (nSPS) is 16.7. The predicted molar refractivity (Wildman–Crippen MR) is 83.9 cm³/mol. The van der Waals surface area contributed by atoms with Gasteiger partial charge in [-0.3, -0.25) is 0 Å². The Morgan fingerprint density at radius 3 is 1.79 bits per heavy atom. The summed E-state index contributed by atoms with van der Waals surface area (Å²) in [5, 5.41) is 3.80. The van der Waals surface area contributed by atoms with Crippen LogP contribution < -0.4 is 5.32 Å². The summed E-state index contributed by atoms with van der Waals surface area (Å²) in [4.78, 5) is 0. The molecule has 1 atom stereocenters. The maximum absolute atomic E-state index is 3.80. The number of rotatable bonds is 5. The van der Waals surface area contributed by atoms with Gasteiger partial charge in [0.25, 0.3) is 0 Å². The van der Waals surface area contributed by atoms with E-state index in [1.807, 2.05) is 0 Å². The molecule has 0 heterocycles. The van der Waals surface area contributed by atoms with Crippen molar-refractivity contribution < 1.29 is 0 Å². The predicted octanol–water partition coefficient (Wildman–Crippen LogP) is 4.68. The molecule has 2 rings (SSSR count). The second kappa shape index (κ2) is 5.66. The largest absolute Gasteiger partial charge is 0.310 e. The van der Waals surface area contributed by atoms with E-state index in [0.29, 0.717) is 6.04 Å². The van der Waals surface area contributed by atoms with Crippen molar-refractivity contribution in [1.29, 1.82) is 0 Å². The van der Waals surface area contributed by atoms with Gasteiger partial charge in [-0.05, 0) is 99.7 Å². The minimum Gasteiger partial charge on any atom is -0.310 e. The summed E-state index contributed by atoms with van der Waals surface area (Å²) >= 11 is 0. The third-order valence-electron chi connectivity index (χ3n) is 5.08. The van der Waals surface area contributed by atoms with E-state index in [9.17, 15) is 0 Å². The SMILES string of the molecule is CCCNC(c1c(C)c(C)c(C)c(C)c1C)C1CC1. The minimum atomic E-state index is 0.581. The molecule has 0 aliphatic heterocycles. The second-order valence-electron chi connectivity index (χ2n) is 6.31. The molecule has 1 nitrogen and oxygen atoms in total. The fraction of sp³-hybridized carbons (Fsp3) is 0.667. The van der Waals surface area contributed by atoms with Crippen molar-refractivity contribution in [3.05, 3.63) is 33.4 Å². The van der Waals surface area contributed by atoms with Crippen LogP contribution in [0.25, 0.3) is 0 Å². The molecule has 0 bridgehead atoms. The Labute approximate surface area is 118 Å². The van der Waals surface area contributed by atoms with E-state index in [2.05, 4.69) is 46.9 Å². The van der Waals surface area contributed by atoms with Crippen LogP contribution in [0.3, 0.4) is 0 Å². The summed E-state index contributed by atoms with van der Waals surface area (Å²) in [6, 6.07) is 0.581. The topological polar surface area (TPSA) is 12.0 Å². The molecule has 0 radical (unpaired) electrons. The first kappa shape index (κ1) is 14.6. The number of nitrogens with one attached hydrogen (secondary N) is 1. The van der Waals surface area contributed by atoms with Gasteiger partial charge in [0.1, 0.15) is 0 Å². The van der Waals surface area contributed by atoms with E-state index < -0.39 is 0 Å². The lowest BCUT2D eigenvalue weighted by Gasteiger charge is -2.26. The standard InChI is InChI=1S/C18H29N/c1-7-10-19-18(16-8-9-16)17-14(5)12(3)11(2)13(4)15(17)6/h16,18-19H,7-10H2,1-6H3. The van der Waals surface area contributed by atoms with Crippen molar-refractivity contribution in [3.8, 4) is 0 Å². The third-order valence-corrected chi connectivity index (χ3v) is 5.08. The second-order valence-corrected chi connectivity index (χ2v) is 6.31. The van der Waals surface area contributed by atoms with Gasteiger partial charge in [-0.2, -0.15) is 0 Å². The molecule has 1 aliphatic rings. The van der Waals surface area contributed by atoms with Gasteiger partial charge < -0.3 is 5.32 Å². The molecule has 1 heteroatoms. The third kappa shape index (κ3) is 2.72. The minimum absolute atomic E-state index is 0.581. The van der Waals surface area contributed by atoms with Gasteiger partial charge in [0, 0.05) is 6.04 Å². The first-order chi connectivity index (χ1) is 8.99. The number of hydrogen-bond acceptors (Lipinski definition) is 1. The highest BCUT2D eigenvalue weighted by Gasteiger charge is 2.34. The van der Waals surface area contributed by atoms with Crippen LogP contribution in [0.2, 0.25) is 0 Å². The molecule has 1 fully saturated rings. The quantitative estimate of drug-likeness (QED) is 0.809. The molecule has 106 valence electrons. The Morgan fingerprint density at radius 2 is 1.37 bits per heavy atom. The highest BCUT2D eigenvalue weighted by molar-refractivity contribution is 5.51. The van der Waals surface area contributed by atoms with E-state index in [-0.39, 0.29) is 0 Å². The zero-order chi connectivity index (χ0) is 14.2. The molecule has 19 heavy (non-hydrogen) atoms. The zero-order valence-electron chi connectivity index (χ0n) is 13.5. The molecule has 0 saturated heterocycles. The van der Waals surface area contributed by atoms with E-state index in [4.69, 9.17) is 0 Å². The molecule has 1 unspecified atom stereocenters. The van der Waals surface area contributed by atoms with Crippen LogP contribution in [0.15, 0.2) is 0 Å². The Kier molecular flexibility index (Phi) is 4.35. The maximum atomic E-state index is 3.80. The van der Waals surface area contributed by atoms with Crippen LogP contribution in [0.1, 0.15) is 65.6 Å². The van der Waals surface area contributed by atoms with Crippen LogP contribution in [0.4, 0.5) is 0 Å². The molecule has 1 saturated carbocycles. The van der Waals surface area contributed by atoms with Gasteiger partial charge in [-0.25, -0.2) is 0 Å². The van der Waals surface area contributed by atoms with Gasteiger partial charge in [0.15, 0.2) is 0 Å². The molecular formula is C18H29N. The Morgan fingerprint density at radius 1 is 0.895 bits per heavy atom. The van der Waals surface area contributed by atoms with Crippen molar-refractivity contribution >= 4 is 0 Å². The first-order valence-electron chi connectivity index (χ1n) is 7.79. The van der Waals surface area contributed by atoms with Crippen molar-refractivity contribution in [2.24, 2.45) is 5.92 Å². The molecular weight excluding hydrogens is 230 g/mol. The first-order valence-corrected chi connectivity index (χ1v) is 7.79. The van der Waals surface area contributed by atoms with Crippen LogP contribution in [-0.2, 0) is 0 Å². The Bertz CT molecular complexity index is 440. The van der Waals surface area contributed by atoms with Crippen LogP contribution in [-0.4, -0.2) is 6.54 Å². The average Bonchev–Trinajstić information content (AvgIpc) is 3.22. The molecule has 0 amide bonds. The maximum Gasteiger partial charge on any atom is 0.0354 e. The molecule has 1 aromatic rings. The van der Waals surface area contributed by atoms with E-state index in [1.54, 1.807) is 5.56 Å².